The predicted molar refractivity (Wildman–Crippen MR) is 113 cm³/mol. The number of hydrogen-bond acceptors (Lipinski definition) is 6. The molecular formula is C20H21N5O3S. The van der Waals surface area contributed by atoms with Crippen molar-refractivity contribution < 1.29 is 9.59 Å². The molecule has 0 aliphatic carbocycles. The molecule has 150 valence electrons. The quantitative estimate of drug-likeness (QED) is 0.686. The van der Waals surface area contributed by atoms with Crippen LogP contribution >= 0.6 is 11.3 Å². The van der Waals surface area contributed by atoms with E-state index in [1.807, 2.05) is 36.6 Å². The zero-order valence-corrected chi connectivity index (χ0v) is 17.0. The lowest BCUT2D eigenvalue weighted by Crippen LogP contribution is -2.44. The predicted octanol–water partition coefficient (Wildman–Crippen LogP) is 2.18. The van der Waals surface area contributed by atoms with Crippen molar-refractivity contribution >= 4 is 44.7 Å². The van der Waals surface area contributed by atoms with Crippen molar-refractivity contribution in [2.24, 2.45) is 0 Å². The van der Waals surface area contributed by atoms with Crippen LogP contribution in [-0.2, 0) is 16.1 Å². The van der Waals surface area contributed by atoms with Crippen LogP contribution in [0.5, 0.6) is 0 Å². The van der Waals surface area contributed by atoms with Crippen LogP contribution in [0.3, 0.4) is 0 Å². The molecule has 2 N–H and O–H groups in total. The number of anilines is 2. The summed E-state index contributed by atoms with van der Waals surface area (Å²) in [5.41, 5.74) is 1.81. The minimum atomic E-state index is -0.264. The van der Waals surface area contributed by atoms with Gasteiger partial charge in [-0.15, -0.1) is 11.3 Å². The first kappa shape index (κ1) is 19.3. The smallest absolute Gasteiger partial charge is 0.268 e. The zero-order chi connectivity index (χ0) is 20.5. The summed E-state index contributed by atoms with van der Waals surface area (Å²) in [7, 11) is 1.80. The molecule has 29 heavy (non-hydrogen) atoms. The molecule has 3 aromatic rings. The molecule has 4 rings (SSSR count). The van der Waals surface area contributed by atoms with Crippen LogP contribution < -0.4 is 15.8 Å². The van der Waals surface area contributed by atoms with Crippen LogP contribution in [-0.4, -0.2) is 46.3 Å². The Morgan fingerprint density at radius 3 is 2.93 bits per heavy atom. The Hall–Kier alpha value is -3.04. The number of likely N-dealkylation sites (N-methyl/N-ethyl adjacent to an activating group) is 1. The van der Waals surface area contributed by atoms with Crippen molar-refractivity contribution in [2.45, 2.75) is 25.9 Å². The number of aromatic amines is 1. The van der Waals surface area contributed by atoms with E-state index >= 15 is 0 Å². The maximum absolute atomic E-state index is 13.1. The number of aromatic nitrogens is 2. The lowest BCUT2D eigenvalue weighted by atomic mass is 10.1. The number of rotatable bonds is 4. The van der Waals surface area contributed by atoms with E-state index in [0.29, 0.717) is 34.0 Å². The third kappa shape index (κ3) is 3.92. The molecule has 0 bridgehead atoms. The molecule has 8 nitrogen and oxygen atoms in total. The number of hydrogen-bond donors (Lipinski definition) is 2. The third-order valence-corrected chi connectivity index (χ3v) is 5.72. The summed E-state index contributed by atoms with van der Waals surface area (Å²) in [6, 6.07) is 8.84. The monoisotopic (exact) mass is 411 g/mol. The second-order valence-electron chi connectivity index (χ2n) is 7.20. The van der Waals surface area contributed by atoms with Gasteiger partial charge in [0.05, 0.1) is 30.0 Å². The number of H-pyrrole nitrogens is 1. The number of carbonyl (C=O) groups excluding carboxylic acids is 2. The Bertz CT molecular complexity index is 1140. The fourth-order valence-electron chi connectivity index (χ4n) is 3.58. The van der Waals surface area contributed by atoms with E-state index in [-0.39, 0.29) is 36.4 Å². The van der Waals surface area contributed by atoms with Gasteiger partial charge in [0.1, 0.15) is 10.5 Å². The molecule has 0 fully saturated rings. The highest BCUT2D eigenvalue weighted by Gasteiger charge is 2.30. The largest absolute Gasteiger partial charge is 0.324 e. The molecule has 3 heterocycles. The van der Waals surface area contributed by atoms with Gasteiger partial charge in [-0.05, 0) is 37.6 Å². The Balaban J connectivity index is 1.53. The summed E-state index contributed by atoms with van der Waals surface area (Å²) in [5, 5.41) is 4.69. The summed E-state index contributed by atoms with van der Waals surface area (Å²) in [4.78, 5) is 48.1. The van der Waals surface area contributed by atoms with Gasteiger partial charge in [-0.25, -0.2) is 4.98 Å². The molecule has 0 saturated heterocycles. The van der Waals surface area contributed by atoms with E-state index < -0.39 is 0 Å². The van der Waals surface area contributed by atoms with E-state index in [1.165, 1.54) is 11.3 Å². The highest BCUT2D eigenvalue weighted by Crippen LogP contribution is 2.31. The number of nitrogens with zero attached hydrogens (tertiary/aromatic N) is 3. The van der Waals surface area contributed by atoms with E-state index in [0.717, 1.165) is 0 Å². The summed E-state index contributed by atoms with van der Waals surface area (Å²) >= 11 is 1.35. The molecule has 2 amide bonds. The Labute approximate surface area is 171 Å². The van der Waals surface area contributed by atoms with Gasteiger partial charge in [0.2, 0.25) is 11.8 Å². The molecule has 1 aliphatic rings. The van der Waals surface area contributed by atoms with Gasteiger partial charge in [0.15, 0.2) is 0 Å². The fourth-order valence-corrected chi connectivity index (χ4v) is 4.31. The molecule has 0 unspecified atom stereocenters. The normalized spacial score (nSPS) is 16.6. The van der Waals surface area contributed by atoms with Crippen molar-refractivity contribution in [3.05, 3.63) is 51.9 Å². The summed E-state index contributed by atoms with van der Waals surface area (Å²) in [6.45, 7) is 2.31. The first-order valence-electron chi connectivity index (χ1n) is 9.28. The summed E-state index contributed by atoms with van der Waals surface area (Å²) in [5.74, 6) is 0.278. The third-order valence-electron chi connectivity index (χ3n) is 4.82. The number of amides is 2. The van der Waals surface area contributed by atoms with Crippen LogP contribution in [0.4, 0.5) is 11.4 Å². The average molecular weight is 411 g/mol. The molecule has 1 aliphatic heterocycles. The SMILES string of the molecule is C[C@@H]1CC(=O)Nc2ccccc2N1C(=O)CN(C)Cc1nc2ccsc2c(=O)[nH]1. The number of benzene rings is 1. The van der Waals surface area contributed by atoms with E-state index in [1.54, 1.807) is 22.9 Å². The topological polar surface area (TPSA) is 98.4 Å². The maximum atomic E-state index is 13.1. The van der Waals surface area contributed by atoms with Crippen molar-refractivity contribution in [1.82, 2.24) is 14.9 Å². The molecular weight excluding hydrogens is 390 g/mol. The second kappa shape index (κ2) is 7.76. The van der Waals surface area contributed by atoms with Crippen molar-refractivity contribution in [3.8, 4) is 0 Å². The Morgan fingerprint density at radius 2 is 2.10 bits per heavy atom. The Kier molecular flexibility index (Phi) is 5.16. The lowest BCUT2D eigenvalue weighted by molar-refractivity contribution is -0.120. The molecule has 1 aromatic carbocycles. The summed E-state index contributed by atoms with van der Waals surface area (Å²) in [6.07, 6.45) is 0.230. The fraction of sp³-hybridized carbons (Fsp3) is 0.300. The standard InChI is InChI=1S/C20H21N5O3S/c1-12-9-17(26)22-13-5-3-4-6-15(13)25(12)18(27)11-24(2)10-16-21-14-7-8-29-19(14)20(28)23-16/h3-8,12H,9-11H2,1-2H3,(H,22,26)(H,21,23,28)/t12-/m1/s1. The molecule has 9 heteroatoms. The second-order valence-corrected chi connectivity index (χ2v) is 8.12. The molecule has 2 aromatic heterocycles. The first-order chi connectivity index (χ1) is 13.9. The van der Waals surface area contributed by atoms with Gasteiger partial charge in [-0.3, -0.25) is 19.3 Å². The first-order valence-corrected chi connectivity index (χ1v) is 10.2. The van der Waals surface area contributed by atoms with Crippen LogP contribution in [0.2, 0.25) is 0 Å². The van der Waals surface area contributed by atoms with Crippen LogP contribution in [0.1, 0.15) is 19.2 Å². The van der Waals surface area contributed by atoms with Gasteiger partial charge in [-0.2, -0.15) is 0 Å². The molecule has 1 atom stereocenters. The average Bonchev–Trinajstić information content (AvgIpc) is 3.07. The van der Waals surface area contributed by atoms with Crippen molar-refractivity contribution in [3.63, 3.8) is 0 Å². The maximum Gasteiger partial charge on any atom is 0.268 e. The number of nitrogens with one attached hydrogen (secondary N) is 2. The number of carbonyl (C=O) groups is 2. The van der Waals surface area contributed by atoms with Crippen LogP contribution in [0.25, 0.3) is 10.2 Å². The van der Waals surface area contributed by atoms with Gasteiger partial charge in [-0.1, -0.05) is 12.1 Å². The van der Waals surface area contributed by atoms with E-state index in [9.17, 15) is 14.4 Å². The number of fused-ring (bicyclic) bond motifs is 2. The van der Waals surface area contributed by atoms with Gasteiger partial charge < -0.3 is 15.2 Å². The highest BCUT2D eigenvalue weighted by molar-refractivity contribution is 7.17. The molecule has 0 saturated carbocycles. The van der Waals surface area contributed by atoms with Gasteiger partial charge in [0, 0.05) is 12.5 Å². The minimum absolute atomic E-state index is 0.112. The minimum Gasteiger partial charge on any atom is -0.324 e. The summed E-state index contributed by atoms with van der Waals surface area (Å²) < 4.78 is 0.597. The van der Waals surface area contributed by atoms with Gasteiger partial charge >= 0.3 is 0 Å². The number of para-hydroxylation sites is 2. The highest BCUT2D eigenvalue weighted by atomic mass is 32.1. The lowest BCUT2D eigenvalue weighted by Gasteiger charge is -2.29. The van der Waals surface area contributed by atoms with Gasteiger partial charge in [0.25, 0.3) is 5.56 Å². The van der Waals surface area contributed by atoms with E-state index in [2.05, 4.69) is 15.3 Å². The number of thiophene rings is 1. The van der Waals surface area contributed by atoms with Crippen molar-refractivity contribution in [1.29, 1.82) is 0 Å². The van der Waals surface area contributed by atoms with Crippen molar-refractivity contribution in [2.75, 3.05) is 23.8 Å². The Morgan fingerprint density at radius 1 is 1.31 bits per heavy atom. The zero-order valence-electron chi connectivity index (χ0n) is 16.1. The molecule has 0 spiro atoms. The van der Waals surface area contributed by atoms with E-state index in [4.69, 9.17) is 0 Å². The van der Waals surface area contributed by atoms with Crippen LogP contribution in [0, 0.1) is 0 Å². The van der Waals surface area contributed by atoms with Crippen LogP contribution in [0.15, 0.2) is 40.5 Å². The molecule has 0 radical (unpaired) electrons.